The summed E-state index contributed by atoms with van der Waals surface area (Å²) < 4.78 is 6.59. The third kappa shape index (κ3) is 4.44. The Kier molecular flexibility index (Phi) is 5.12. The fourth-order valence-corrected chi connectivity index (χ4v) is 2.51. The molecule has 0 aliphatic carbocycles. The molecule has 0 amide bonds. The van der Waals surface area contributed by atoms with Crippen molar-refractivity contribution in [2.45, 2.75) is 26.2 Å². The normalized spacial score (nSPS) is 11.2. The molecule has 0 unspecified atom stereocenters. The van der Waals surface area contributed by atoms with Crippen molar-refractivity contribution in [3.05, 3.63) is 71.5 Å². The topological polar surface area (TPSA) is 87.0 Å². The third-order valence-corrected chi connectivity index (χ3v) is 4.10. The molecule has 1 heterocycles. The summed E-state index contributed by atoms with van der Waals surface area (Å²) in [6, 6.07) is 14.0. The van der Waals surface area contributed by atoms with Gasteiger partial charge in [0.15, 0.2) is 12.4 Å². The highest BCUT2D eigenvalue weighted by molar-refractivity contribution is 5.99. The average molecular weight is 364 g/mol. The quantitative estimate of drug-likeness (QED) is 0.511. The maximum absolute atomic E-state index is 12.3. The molecule has 138 valence electrons. The van der Waals surface area contributed by atoms with E-state index in [0.29, 0.717) is 16.8 Å². The summed E-state index contributed by atoms with van der Waals surface area (Å²) in [6.07, 6.45) is 1.43. The molecule has 0 radical (unpaired) electrons. The maximum Gasteiger partial charge on any atom is 0.338 e. The molecule has 0 N–H and O–H groups in total. The number of nitrogens with zero attached hydrogens (tertiary/aromatic N) is 4. The van der Waals surface area contributed by atoms with Gasteiger partial charge in [-0.05, 0) is 39.6 Å². The highest BCUT2D eigenvalue weighted by Crippen LogP contribution is 2.22. The molecule has 0 spiro atoms. The van der Waals surface area contributed by atoms with Crippen LogP contribution < -0.4 is 0 Å². The number of tetrazole rings is 1. The molecule has 0 atom stereocenters. The van der Waals surface area contributed by atoms with E-state index < -0.39 is 5.97 Å². The molecule has 0 saturated heterocycles. The fourth-order valence-electron chi connectivity index (χ4n) is 2.51. The lowest BCUT2D eigenvalue weighted by atomic mass is 9.86. The van der Waals surface area contributed by atoms with Crippen molar-refractivity contribution in [3.8, 4) is 5.69 Å². The molecule has 0 aliphatic rings. The van der Waals surface area contributed by atoms with Gasteiger partial charge in [0.05, 0.1) is 11.3 Å². The Hall–Kier alpha value is -3.35. The Labute approximate surface area is 157 Å². The molecule has 7 heteroatoms. The predicted molar refractivity (Wildman–Crippen MR) is 98.9 cm³/mol. The average Bonchev–Trinajstić information content (AvgIpc) is 3.20. The van der Waals surface area contributed by atoms with Crippen molar-refractivity contribution < 1.29 is 14.3 Å². The zero-order valence-corrected chi connectivity index (χ0v) is 15.4. The van der Waals surface area contributed by atoms with Crippen LogP contribution in [0.15, 0.2) is 54.9 Å². The van der Waals surface area contributed by atoms with Crippen molar-refractivity contribution >= 4 is 11.8 Å². The summed E-state index contributed by atoms with van der Waals surface area (Å²) in [5, 5.41) is 10.9. The number of hydrogen-bond acceptors (Lipinski definition) is 6. The zero-order chi connectivity index (χ0) is 19.4. The highest BCUT2D eigenvalue weighted by Gasteiger charge is 2.16. The van der Waals surface area contributed by atoms with Gasteiger partial charge in [0.1, 0.15) is 6.33 Å². The molecule has 0 fully saturated rings. The number of esters is 1. The first-order valence-electron chi connectivity index (χ1n) is 8.49. The monoisotopic (exact) mass is 364 g/mol. The van der Waals surface area contributed by atoms with Crippen LogP contribution in [0.4, 0.5) is 0 Å². The Bertz CT molecular complexity index is 942. The van der Waals surface area contributed by atoms with E-state index in [-0.39, 0.29) is 17.8 Å². The lowest BCUT2D eigenvalue weighted by Gasteiger charge is -2.18. The number of ketones is 1. The zero-order valence-electron chi connectivity index (χ0n) is 15.4. The lowest BCUT2D eigenvalue weighted by molar-refractivity contribution is 0.0474. The minimum absolute atomic E-state index is 0.0126. The predicted octanol–water partition coefficient (Wildman–Crippen LogP) is 3.00. The van der Waals surface area contributed by atoms with Crippen LogP contribution in [0.5, 0.6) is 0 Å². The van der Waals surface area contributed by atoms with Gasteiger partial charge in [0, 0.05) is 5.56 Å². The van der Waals surface area contributed by atoms with Crippen molar-refractivity contribution in [1.29, 1.82) is 0 Å². The van der Waals surface area contributed by atoms with Gasteiger partial charge in [0.2, 0.25) is 0 Å². The molecule has 0 saturated carbocycles. The van der Waals surface area contributed by atoms with E-state index in [2.05, 4.69) is 36.3 Å². The van der Waals surface area contributed by atoms with Gasteiger partial charge in [-0.1, -0.05) is 51.1 Å². The number of carbonyl (C=O) groups is 2. The van der Waals surface area contributed by atoms with Crippen LogP contribution in [0.1, 0.15) is 47.1 Å². The van der Waals surface area contributed by atoms with Gasteiger partial charge in [-0.2, -0.15) is 0 Å². The van der Waals surface area contributed by atoms with E-state index in [1.807, 2.05) is 12.1 Å². The van der Waals surface area contributed by atoms with Crippen LogP contribution in [0.25, 0.3) is 5.69 Å². The minimum Gasteiger partial charge on any atom is -0.454 e. The maximum atomic E-state index is 12.3. The van der Waals surface area contributed by atoms with Crippen LogP contribution >= 0.6 is 0 Å². The minimum atomic E-state index is -0.579. The molecule has 3 aromatic rings. The van der Waals surface area contributed by atoms with Gasteiger partial charge in [0.25, 0.3) is 0 Å². The smallest absolute Gasteiger partial charge is 0.338 e. The van der Waals surface area contributed by atoms with Gasteiger partial charge >= 0.3 is 5.97 Å². The lowest BCUT2D eigenvalue weighted by Crippen LogP contribution is -2.15. The second kappa shape index (κ2) is 7.49. The number of benzene rings is 2. The highest BCUT2D eigenvalue weighted by atomic mass is 16.5. The van der Waals surface area contributed by atoms with Crippen LogP contribution in [0.2, 0.25) is 0 Å². The fraction of sp³-hybridized carbons (Fsp3) is 0.250. The van der Waals surface area contributed by atoms with Gasteiger partial charge in [-0.3, -0.25) is 4.79 Å². The number of rotatable bonds is 5. The Morgan fingerprint density at radius 1 is 1.04 bits per heavy atom. The summed E-state index contributed by atoms with van der Waals surface area (Å²) in [5.74, 6) is -0.829. The molecule has 2 aromatic carbocycles. The standard InChI is InChI=1S/C20H20N4O3/c1-20(2,3)16-9-7-14(8-10-16)18(25)12-27-19(26)15-5-4-6-17(11-15)24-13-21-22-23-24/h4-11,13H,12H2,1-3H3. The van der Waals surface area contributed by atoms with Crippen LogP contribution in [-0.4, -0.2) is 38.6 Å². The summed E-state index contributed by atoms with van der Waals surface area (Å²) in [5.41, 5.74) is 2.60. The van der Waals surface area contributed by atoms with Gasteiger partial charge < -0.3 is 4.74 Å². The molecule has 1 aromatic heterocycles. The Morgan fingerprint density at radius 3 is 2.41 bits per heavy atom. The molecule has 0 aliphatic heterocycles. The number of Topliss-reactive ketones (excluding diaryl/α,β-unsaturated/α-hetero) is 1. The molecule has 0 bridgehead atoms. The first-order chi connectivity index (χ1) is 12.8. The number of carbonyl (C=O) groups excluding carboxylic acids is 2. The first kappa shape index (κ1) is 18.4. The first-order valence-corrected chi connectivity index (χ1v) is 8.49. The summed E-state index contributed by atoms with van der Waals surface area (Å²) >= 11 is 0. The van der Waals surface area contributed by atoms with Crippen LogP contribution in [0.3, 0.4) is 0 Å². The number of aromatic nitrogens is 4. The van der Waals surface area contributed by atoms with E-state index in [1.165, 1.54) is 11.0 Å². The van der Waals surface area contributed by atoms with Crippen LogP contribution in [0, 0.1) is 0 Å². The Morgan fingerprint density at radius 2 is 1.78 bits per heavy atom. The largest absolute Gasteiger partial charge is 0.454 e. The van der Waals surface area contributed by atoms with E-state index in [4.69, 9.17) is 4.74 Å². The van der Waals surface area contributed by atoms with E-state index in [9.17, 15) is 9.59 Å². The SMILES string of the molecule is CC(C)(C)c1ccc(C(=O)COC(=O)c2cccc(-n3cnnn3)c2)cc1. The summed E-state index contributed by atoms with van der Waals surface area (Å²) in [6.45, 7) is 6.00. The molecule has 3 rings (SSSR count). The van der Waals surface area contributed by atoms with E-state index in [1.54, 1.807) is 36.4 Å². The molecule has 27 heavy (non-hydrogen) atoms. The van der Waals surface area contributed by atoms with Crippen LogP contribution in [-0.2, 0) is 10.2 Å². The van der Waals surface area contributed by atoms with Gasteiger partial charge in [-0.25, -0.2) is 9.48 Å². The van der Waals surface area contributed by atoms with Crippen molar-refractivity contribution in [1.82, 2.24) is 20.2 Å². The number of hydrogen-bond donors (Lipinski definition) is 0. The number of ether oxygens (including phenoxy) is 1. The second-order valence-electron chi connectivity index (χ2n) is 7.13. The van der Waals surface area contributed by atoms with Crippen molar-refractivity contribution in [2.75, 3.05) is 6.61 Å². The molecule has 7 nitrogen and oxygen atoms in total. The second-order valence-corrected chi connectivity index (χ2v) is 7.13. The van der Waals surface area contributed by atoms with Gasteiger partial charge in [-0.15, -0.1) is 5.10 Å². The van der Waals surface area contributed by atoms with E-state index in [0.717, 1.165) is 5.56 Å². The molecular weight excluding hydrogens is 344 g/mol. The summed E-state index contributed by atoms with van der Waals surface area (Å²) in [7, 11) is 0. The Balaban J connectivity index is 1.64. The third-order valence-electron chi connectivity index (χ3n) is 4.10. The van der Waals surface area contributed by atoms with Crippen molar-refractivity contribution in [3.63, 3.8) is 0 Å². The van der Waals surface area contributed by atoms with E-state index >= 15 is 0 Å². The summed E-state index contributed by atoms with van der Waals surface area (Å²) in [4.78, 5) is 24.5. The van der Waals surface area contributed by atoms with Crippen molar-refractivity contribution in [2.24, 2.45) is 0 Å². The molecular formula is C20H20N4O3.